The molecule has 0 aromatic heterocycles. The van der Waals surface area contributed by atoms with Crippen LogP contribution in [0.2, 0.25) is 0 Å². The zero-order chi connectivity index (χ0) is 20.6. The van der Waals surface area contributed by atoms with E-state index in [1.165, 1.54) is 5.56 Å². The highest BCUT2D eigenvalue weighted by Crippen LogP contribution is 2.17. The van der Waals surface area contributed by atoms with Gasteiger partial charge in [-0.1, -0.05) is 50.2 Å². The molecule has 2 aromatic carbocycles. The second-order valence-corrected chi connectivity index (χ2v) is 8.03. The number of carbonyl (C=O) groups is 2. The molecular weight excluding hydrogens is 364 g/mol. The average Bonchev–Trinajstić information content (AvgIpc) is 3.21. The van der Waals surface area contributed by atoms with E-state index in [0.29, 0.717) is 23.7 Å². The Morgan fingerprint density at radius 3 is 2.48 bits per heavy atom. The number of rotatable bonds is 8. The standard InChI is InChI=1S/C24H30N2O3/c1-17(2)14-18-9-11-19(12-10-18)15-23(27)26-22-8-4-3-7-21(22)24(28)25-16-20-6-5-13-29-20/h3-4,7-12,17,20H,5-6,13-16H2,1-2H3,(H,25,28)(H,26,27). The summed E-state index contributed by atoms with van der Waals surface area (Å²) in [7, 11) is 0. The number of benzene rings is 2. The van der Waals surface area contributed by atoms with Crippen molar-refractivity contribution in [3.8, 4) is 0 Å². The van der Waals surface area contributed by atoms with Gasteiger partial charge < -0.3 is 15.4 Å². The van der Waals surface area contributed by atoms with Gasteiger partial charge in [-0.25, -0.2) is 0 Å². The van der Waals surface area contributed by atoms with Crippen LogP contribution in [0.3, 0.4) is 0 Å². The highest BCUT2D eigenvalue weighted by molar-refractivity contribution is 6.04. The third kappa shape index (κ3) is 6.43. The Kier molecular flexibility index (Phi) is 7.42. The van der Waals surface area contributed by atoms with Crippen molar-refractivity contribution in [1.82, 2.24) is 5.32 Å². The quantitative estimate of drug-likeness (QED) is 0.712. The van der Waals surface area contributed by atoms with Gasteiger partial charge in [0, 0.05) is 13.2 Å². The number of para-hydroxylation sites is 1. The minimum Gasteiger partial charge on any atom is -0.376 e. The third-order valence-corrected chi connectivity index (χ3v) is 4.99. The van der Waals surface area contributed by atoms with Gasteiger partial charge in [0.25, 0.3) is 5.91 Å². The van der Waals surface area contributed by atoms with Crippen LogP contribution in [-0.4, -0.2) is 31.1 Å². The number of ether oxygens (including phenoxy) is 1. The van der Waals surface area contributed by atoms with Crippen LogP contribution >= 0.6 is 0 Å². The van der Waals surface area contributed by atoms with Crippen LogP contribution in [0.4, 0.5) is 5.69 Å². The Labute approximate surface area is 172 Å². The molecule has 3 rings (SSSR count). The molecule has 0 spiro atoms. The Balaban J connectivity index is 1.57. The lowest BCUT2D eigenvalue weighted by Crippen LogP contribution is -2.32. The summed E-state index contributed by atoms with van der Waals surface area (Å²) in [4.78, 5) is 25.1. The highest BCUT2D eigenvalue weighted by atomic mass is 16.5. The summed E-state index contributed by atoms with van der Waals surface area (Å²) in [5.74, 6) is 0.266. The second kappa shape index (κ2) is 10.2. The number of hydrogen-bond donors (Lipinski definition) is 2. The summed E-state index contributed by atoms with van der Waals surface area (Å²) in [5, 5.41) is 5.79. The summed E-state index contributed by atoms with van der Waals surface area (Å²) in [5.41, 5.74) is 3.22. The summed E-state index contributed by atoms with van der Waals surface area (Å²) in [6, 6.07) is 15.2. The summed E-state index contributed by atoms with van der Waals surface area (Å²) in [6.45, 7) is 5.63. The minimum atomic E-state index is -0.200. The largest absolute Gasteiger partial charge is 0.376 e. The summed E-state index contributed by atoms with van der Waals surface area (Å²) < 4.78 is 5.55. The molecule has 154 valence electrons. The molecule has 0 saturated carbocycles. The van der Waals surface area contributed by atoms with E-state index in [1.807, 2.05) is 18.2 Å². The number of carbonyl (C=O) groups excluding carboxylic acids is 2. The molecule has 0 radical (unpaired) electrons. The van der Waals surface area contributed by atoms with Crippen molar-refractivity contribution in [1.29, 1.82) is 0 Å². The topological polar surface area (TPSA) is 67.4 Å². The van der Waals surface area contributed by atoms with Gasteiger partial charge in [-0.05, 0) is 48.4 Å². The van der Waals surface area contributed by atoms with E-state index < -0.39 is 0 Å². The molecule has 0 aliphatic carbocycles. The lowest BCUT2D eigenvalue weighted by molar-refractivity contribution is -0.115. The van der Waals surface area contributed by atoms with Crippen LogP contribution in [0.5, 0.6) is 0 Å². The number of nitrogens with one attached hydrogen (secondary N) is 2. The molecule has 1 aliphatic heterocycles. The maximum atomic E-state index is 12.6. The van der Waals surface area contributed by atoms with Crippen LogP contribution in [0.15, 0.2) is 48.5 Å². The van der Waals surface area contributed by atoms with Gasteiger partial charge in [0.1, 0.15) is 0 Å². The highest BCUT2D eigenvalue weighted by Gasteiger charge is 2.18. The second-order valence-electron chi connectivity index (χ2n) is 8.03. The molecule has 2 N–H and O–H groups in total. The fourth-order valence-corrected chi connectivity index (χ4v) is 3.54. The van der Waals surface area contributed by atoms with Crippen molar-refractivity contribution in [3.05, 3.63) is 65.2 Å². The Bertz CT molecular complexity index is 824. The molecular formula is C24H30N2O3. The van der Waals surface area contributed by atoms with Crippen LogP contribution in [-0.2, 0) is 22.4 Å². The summed E-state index contributed by atoms with van der Waals surface area (Å²) in [6.07, 6.45) is 3.38. The zero-order valence-electron chi connectivity index (χ0n) is 17.2. The fourth-order valence-electron chi connectivity index (χ4n) is 3.54. The maximum Gasteiger partial charge on any atom is 0.253 e. The SMILES string of the molecule is CC(C)Cc1ccc(CC(=O)Nc2ccccc2C(=O)NCC2CCCO2)cc1. The molecule has 1 heterocycles. The molecule has 2 amide bonds. The van der Waals surface area contributed by atoms with Gasteiger partial charge in [-0.2, -0.15) is 0 Å². The van der Waals surface area contributed by atoms with Gasteiger partial charge >= 0.3 is 0 Å². The first-order valence-corrected chi connectivity index (χ1v) is 10.4. The normalized spacial score (nSPS) is 16.0. The summed E-state index contributed by atoms with van der Waals surface area (Å²) >= 11 is 0. The van der Waals surface area contributed by atoms with Crippen LogP contribution in [0, 0.1) is 5.92 Å². The zero-order valence-corrected chi connectivity index (χ0v) is 17.2. The first-order chi connectivity index (χ1) is 14.0. The predicted molar refractivity (Wildman–Crippen MR) is 115 cm³/mol. The van der Waals surface area contributed by atoms with Gasteiger partial charge in [0.15, 0.2) is 0 Å². The van der Waals surface area contributed by atoms with Crippen LogP contribution < -0.4 is 10.6 Å². The Hall–Kier alpha value is -2.66. The fraction of sp³-hybridized carbons (Fsp3) is 0.417. The lowest BCUT2D eigenvalue weighted by atomic mass is 10.0. The first kappa shape index (κ1) is 21.1. The van der Waals surface area contributed by atoms with Crippen molar-refractivity contribution >= 4 is 17.5 Å². The molecule has 1 fully saturated rings. The molecule has 5 heteroatoms. The third-order valence-electron chi connectivity index (χ3n) is 4.99. The average molecular weight is 395 g/mol. The van der Waals surface area contributed by atoms with E-state index in [9.17, 15) is 9.59 Å². The van der Waals surface area contributed by atoms with Crippen molar-refractivity contribution in [2.75, 3.05) is 18.5 Å². The number of anilines is 1. The van der Waals surface area contributed by atoms with Crippen LogP contribution in [0.25, 0.3) is 0 Å². The van der Waals surface area contributed by atoms with Crippen molar-refractivity contribution < 1.29 is 14.3 Å². The Morgan fingerprint density at radius 2 is 1.79 bits per heavy atom. The van der Waals surface area contributed by atoms with Crippen LogP contribution in [0.1, 0.15) is 48.2 Å². The maximum absolute atomic E-state index is 12.6. The van der Waals surface area contributed by atoms with E-state index >= 15 is 0 Å². The van der Waals surface area contributed by atoms with E-state index in [4.69, 9.17) is 4.74 Å². The first-order valence-electron chi connectivity index (χ1n) is 10.4. The molecule has 0 bridgehead atoms. The van der Waals surface area contributed by atoms with Gasteiger partial charge in [-0.15, -0.1) is 0 Å². The van der Waals surface area contributed by atoms with E-state index in [2.05, 4.69) is 36.6 Å². The number of hydrogen-bond acceptors (Lipinski definition) is 3. The lowest BCUT2D eigenvalue weighted by Gasteiger charge is -2.14. The molecule has 1 unspecified atom stereocenters. The van der Waals surface area contributed by atoms with E-state index in [-0.39, 0.29) is 24.3 Å². The van der Waals surface area contributed by atoms with Gasteiger partial charge in [0.2, 0.25) is 5.91 Å². The molecule has 1 aliphatic rings. The molecule has 1 saturated heterocycles. The van der Waals surface area contributed by atoms with Gasteiger partial charge in [0.05, 0.1) is 23.8 Å². The van der Waals surface area contributed by atoms with Crippen molar-refractivity contribution in [2.24, 2.45) is 5.92 Å². The number of amides is 2. The molecule has 5 nitrogen and oxygen atoms in total. The minimum absolute atomic E-state index is 0.0828. The van der Waals surface area contributed by atoms with E-state index in [1.54, 1.807) is 18.2 Å². The molecule has 1 atom stereocenters. The van der Waals surface area contributed by atoms with E-state index in [0.717, 1.165) is 31.4 Å². The smallest absolute Gasteiger partial charge is 0.253 e. The predicted octanol–water partition coefficient (Wildman–Crippen LogP) is 3.98. The Morgan fingerprint density at radius 1 is 1.07 bits per heavy atom. The molecule has 29 heavy (non-hydrogen) atoms. The van der Waals surface area contributed by atoms with Crippen molar-refractivity contribution in [2.45, 2.75) is 45.6 Å². The molecule has 2 aromatic rings. The van der Waals surface area contributed by atoms with Crippen molar-refractivity contribution in [3.63, 3.8) is 0 Å². The van der Waals surface area contributed by atoms with Gasteiger partial charge in [-0.3, -0.25) is 9.59 Å². The monoisotopic (exact) mass is 394 g/mol.